The lowest BCUT2D eigenvalue weighted by Crippen LogP contribution is -2.36. The number of ketones is 2. The highest BCUT2D eigenvalue weighted by atomic mass is 19.4. The lowest BCUT2D eigenvalue weighted by molar-refractivity contribution is -0.138. The summed E-state index contributed by atoms with van der Waals surface area (Å²) in [4.78, 5) is 104. The number of ether oxygens (including phenoxy) is 7. The average Bonchev–Trinajstić information content (AvgIpc) is 1.36. The van der Waals surface area contributed by atoms with Crippen molar-refractivity contribution in [3.05, 3.63) is 106 Å². The second kappa shape index (κ2) is 30.3. The molecule has 8 rings (SSSR count). The normalized spacial score (nSPS) is 16.6. The summed E-state index contributed by atoms with van der Waals surface area (Å²) in [6.07, 6.45) is -16.4. The summed E-state index contributed by atoms with van der Waals surface area (Å²) in [6, 6.07) is 6.31. The Kier molecular flexibility index (Phi) is 23.7. The van der Waals surface area contributed by atoms with E-state index in [1.165, 1.54) is 14.7 Å². The predicted octanol–water partition coefficient (Wildman–Crippen LogP) is 10.3. The van der Waals surface area contributed by atoms with Gasteiger partial charge in [-0.25, -0.2) is 39.1 Å². The molecule has 35 heteroatoms. The number of aromatic carboxylic acids is 1. The molecule has 0 saturated carbocycles. The third-order valence-corrected chi connectivity index (χ3v) is 13.7. The summed E-state index contributed by atoms with van der Waals surface area (Å²) in [5.41, 5.74) is 15.2. The highest BCUT2D eigenvalue weighted by Gasteiger charge is 2.39. The van der Waals surface area contributed by atoms with E-state index in [-0.39, 0.29) is 103 Å². The second-order valence-corrected chi connectivity index (χ2v) is 25.2. The highest BCUT2D eigenvalue weighted by molar-refractivity contribution is 6.01. The maximum absolute atomic E-state index is 13.9. The van der Waals surface area contributed by atoms with Gasteiger partial charge in [-0.2, -0.15) is 39.5 Å². The second-order valence-electron chi connectivity index (χ2n) is 25.2. The molecule has 3 fully saturated rings. The van der Waals surface area contributed by atoms with Gasteiger partial charge in [0.05, 0.1) is 59.1 Å². The minimum Gasteiger partial charge on any atom is -0.486 e. The van der Waals surface area contributed by atoms with Crippen molar-refractivity contribution in [1.82, 2.24) is 34.6 Å². The summed E-state index contributed by atoms with van der Waals surface area (Å²) in [7, 11) is 0. The zero-order valence-electron chi connectivity index (χ0n) is 53.9. The number of carboxylic acids is 1. The summed E-state index contributed by atoms with van der Waals surface area (Å²) >= 11 is 0. The molecule has 3 aromatic carbocycles. The molecule has 5 heterocycles. The lowest BCUT2D eigenvalue weighted by Gasteiger charge is -2.24. The van der Waals surface area contributed by atoms with Gasteiger partial charge in [-0.1, -0.05) is 0 Å². The van der Waals surface area contributed by atoms with E-state index in [2.05, 4.69) is 24.7 Å². The van der Waals surface area contributed by atoms with Crippen LogP contribution in [0.1, 0.15) is 141 Å². The van der Waals surface area contributed by atoms with Crippen LogP contribution in [0.15, 0.2) is 61.2 Å². The van der Waals surface area contributed by atoms with Crippen molar-refractivity contribution in [1.29, 1.82) is 0 Å². The fraction of sp³-hybridized carbons (Fsp3) is 0.468. The van der Waals surface area contributed by atoms with Gasteiger partial charge in [-0.3, -0.25) is 14.4 Å². The Morgan fingerprint density at radius 3 is 1.10 bits per heavy atom. The topological polar surface area (TPSA) is 370 Å². The number of alkyl halides is 9. The molecule has 2 aromatic heterocycles. The number of carbonyl (C=O) groups is 7. The number of aromatic nitrogens is 4. The number of benzene rings is 3. The van der Waals surface area contributed by atoms with Crippen LogP contribution in [0, 0.1) is 0 Å². The minimum atomic E-state index is -4.86. The molecule has 0 bridgehead atoms. The molecule has 3 aliphatic rings. The van der Waals surface area contributed by atoms with Crippen LogP contribution in [0.3, 0.4) is 0 Å². The number of carbonyl (C=O) groups excluding carboxylic acids is 6. The highest BCUT2D eigenvalue weighted by Crippen LogP contribution is 2.42. The van der Waals surface area contributed by atoms with Crippen LogP contribution in [0.5, 0.6) is 23.1 Å². The number of rotatable bonds is 15. The Morgan fingerprint density at radius 1 is 0.474 bits per heavy atom. The van der Waals surface area contributed by atoms with Crippen molar-refractivity contribution in [2.24, 2.45) is 0 Å². The maximum Gasteiger partial charge on any atom is 0.416 e. The molecule has 0 aliphatic carbocycles. The molecule has 3 aliphatic heterocycles. The molecule has 26 nitrogen and oxygen atoms in total. The SMILES string of the molecule is CC(C)(C)OC(=O)N1CC[C@@H](Oc2c(N)cc(C(F)(F)F)cc2CC(=O)c2cc(C(=O)Cc3cc(C(F)(F)F)cc(N)c3O[C@@H]3CCN(C(=O)OC(C)(C)C)C3)ncn2)C1.CC(C)(C)OC(=O)N1CC[C@@H](Oc2c(N)cc(C(F)(F)F)cc2N)C1.O=COc1cc(C(=O)O)ncn1. The number of likely N-dealkylation sites (tertiary alicyclic amines) is 3. The van der Waals surface area contributed by atoms with E-state index >= 15 is 0 Å². The first-order valence-electron chi connectivity index (χ1n) is 29.5. The molecule has 0 unspecified atom stereocenters. The standard InChI is InChI=1S/C40H46F6N6O8.C16H22F3N3O3.C6H4N2O4/c1-37(2,3)59-35(55)51-9-7-25(18-51)57-33-21(11-23(15-27(33)47)39(41,42)43)13-31(53)29-17-30(50-20-49-29)32(54)14-22-12-24(40(44,45)46)16-28(48)34(22)58-26-8-10-52(19-26)36(56)60-38(4,5)6;1-15(2,3)25-14(23)22-5-4-10(8-22)24-13-11(20)6-9(7-12(13)21)16(17,18)19;9-3-12-5-1-4(6(10)11)7-2-8-5/h11-12,15-17,20,25-26H,7-10,13-14,18-19,47-48H2,1-6H3;6-7,10H,4-5,8,20-21H2,1-3H3;1-3H,(H,10,11)/t25-,26-;10-;/m11./s1. The van der Waals surface area contributed by atoms with Crippen LogP contribution in [-0.2, 0) is 50.4 Å². The third kappa shape index (κ3) is 22.2. The Balaban J connectivity index is 0.000000325. The number of nitrogens with two attached hydrogens (primary N) is 4. The molecule has 9 N–H and O–H groups in total. The van der Waals surface area contributed by atoms with E-state index in [1.54, 1.807) is 62.3 Å². The molecule has 528 valence electrons. The molecule has 0 radical (unpaired) electrons. The van der Waals surface area contributed by atoms with E-state index in [0.717, 1.165) is 36.9 Å². The largest absolute Gasteiger partial charge is 0.486 e. The summed E-state index contributed by atoms with van der Waals surface area (Å²) in [5.74, 6) is -3.47. The Labute approximate surface area is 549 Å². The number of amides is 3. The van der Waals surface area contributed by atoms with Crippen LogP contribution >= 0.6 is 0 Å². The zero-order valence-corrected chi connectivity index (χ0v) is 53.9. The Hall–Kier alpha value is -10.1. The van der Waals surface area contributed by atoms with E-state index in [4.69, 9.17) is 56.5 Å². The summed E-state index contributed by atoms with van der Waals surface area (Å²) < 4.78 is 160. The number of anilines is 4. The fourth-order valence-corrected chi connectivity index (χ4v) is 9.49. The van der Waals surface area contributed by atoms with Gasteiger partial charge in [-0.05, 0) is 105 Å². The lowest BCUT2D eigenvalue weighted by atomic mass is 9.99. The van der Waals surface area contributed by atoms with Gasteiger partial charge in [0.2, 0.25) is 5.88 Å². The maximum atomic E-state index is 13.9. The van der Waals surface area contributed by atoms with E-state index in [1.807, 2.05) is 0 Å². The van der Waals surface area contributed by atoms with Crippen LogP contribution in [0.25, 0.3) is 0 Å². The molecular weight excluding hydrogens is 1310 g/mol. The number of nitrogen functional groups attached to an aromatic ring is 4. The van der Waals surface area contributed by atoms with Gasteiger partial charge < -0.3 is 75.9 Å². The van der Waals surface area contributed by atoms with Gasteiger partial charge in [0.15, 0.2) is 23.0 Å². The molecule has 5 aromatic rings. The van der Waals surface area contributed by atoms with E-state index in [0.29, 0.717) is 37.2 Å². The molecule has 97 heavy (non-hydrogen) atoms. The fourth-order valence-electron chi connectivity index (χ4n) is 9.49. The van der Waals surface area contributed by atoms with Crippen LogP contribution < -0.4 is 41.9 Å². The molecule has 3 amide bonds. The number of hydrogen-bond donors (Lipinski definition) is 5. The predicted molar refractivity (Wildman–Crippen MR) is 326 cm³/mol. The van der Waals surface area contributed by atoms with Gasteiger partial charge in [0.1, 0.15) is 70.7 Å². The number of hydrogen-bond acceptors (Lipinski definition) is 22. The smallest absolute Gasteiger partial charge is 0.416 e. The van der Waals surface area contributed by atoms with Gasteiger partial charge >= 0.3 is 42.8 Å². The molecular formula is C62H72F9N11O15. The first kappa shape index (κ1) is 75.9. The monoisotopic (exact) mass is 1380 g/mol. The molecule has 3 atom stereocenters. The van der Waals surface area contributed by atoms with Crippen molar-refractivity contribution >= 4 is 65.0 Å². The number of Topliss-reactive ketones (excluding diaryl/α,β-unsaturated/α-hetero) is 2. The van der Waals surface area contributed by atoms with Crippen LogP contribution in [-0.4, -0.2) is 156 Å². The Morgan fingerprint density at radius 2 is 0.784 bits per heavy atom. The van der Waals surface area contributed by atoms with Crippen LogP contribution in [0.2, 0.25) is 0 Å². The van der Waals surface area contributed by atoms with Crippen molar-refractivity contribution in [3.63, 3.8) is 0 Å². The van der Waals surface area contributed by atoms with Crippen molar-refractivity contribution in [3.8, 4) is 23.1 Å². The average molecular weight is 1380 g/mol. The first-order valence-corrected chi connectivity index (χ1v) is 29.5. The quantitative estimate of drug-likeness (QED) is 0.0214. The molecule has 3 saturated heterocycles. The van der Waals surface area contributed by atoms with Crippen molar-refractivity contribution in [2.75, 3.05) is 62.2 Å². The van der Waals surface area contributed by atoms with E-state index in [9.17, 15) is 73.1 Å². The Bertz CT molecular complexity index is 3560. The summed E-state index contributed by atoms with van der Waals surface area (Å²) in [5, 5.41) is 8.44. The van der Waals surface area contributed by atoms with Crippen LogP contribution in [0.4, 0.5) is 76.6 Å². The summed E-state index contributed by atoms with van der Waals surface area (Å²) in [6.45, 7) is 16.8. The minimum absolute atomic E-state index is 0.00374. The van der Waals surface area contributed by atoms with Gasteiger partial charge in [0, 0.05) is 68.9 Å². The van der Waals surface area contributed by atoms with Crippen molar-refractivity contribution < 1.29 is 111 Å². The number of carboxylic acid groups (broad SMARTS) is 1. The van der Waals surface area contributed by atoms with Gasteiger partial charge in [0.25, 0.3) is 6.47 Å². The number of nitrogens with zero attached hydrogens (tertiary/aromatic N) is 7. The van der Waals surface area contributed by atoms with Gasteiger partial charge in [-0.15, -0.1) is 0 Å². The van der Waals surface area contributed by atoms with Crippen molar-refractivity contribution in [2.45, 2.75) is 148 Å². The number of halogens is 9. The van der Waals surface area contributed by atoms with E-state index < -0.39 is 142 Å². The molecule has 0 spiro atoms. The first-order chi connectivity index (χ1) is 44.8. The third-order valence-electron chi connectivity index (χ3n) is 13.7. The zero-order chi connectivity index (χ0) is 72.5.